The topological polar surface area (TPSA) is 55.3 Å². The largest absolute Gasteiger partial charge is 0.493 e. The van der Waals surface area contributed by atoms with Gasteiger partial charge in [-0.3, -0.25) is 0 Å². The zero-order valence-electron chi connectivity index (χ0n) is 17.8. The highest BCUT2D eigenvalue weighted by molar-refractivity contribution is 5.80. The first-order valence-corrected chi connectivity index (χ1v) is 10.1. The van der Waals surface area contributed by atoms with Crippen LogP contribution in [0.5, 0.6) is 17.2 Å². The summed E-state index contributed by atoms with van der Waals surface area (Å²) in [4.78, 5) is 7.23. The van der Waals surface area contributed by atoms with Crippen molar-refractivity contribution in [3.63, 3.8) is 0 Å². The van der Waals surface area contributed by atoms with Crippen molar-refractivity contribution in [2.75, 3.05) is 41.0 Å². The van der Waals surface area contributed by atoms with Gasteiger partial charge in [-0.2, -0.15) is 0 Å². The van der Waals surface area contributed by atoms with Crippen molar-refractivity contribution in [3.8, 4) is 17.2 Å². The number of methoxy groups -OCH3 is 3. The monoisotopic (exact) mass is 397 g/mol. The fourth-order valence-corrected chi connectivity index (χ4v) is 3.82. The predicted octanol–water partition coefficient (Wildman–Crippen LogP) is 3.67. The molecule has 1 heterocycles. The molecule has 1 saturated heterocycles. The molecule has 6 nitrogen and oxygen atoms in total. The van der Waals surface area contributed by atoms with Gasteiger partial charge in [0.1, 0.15) is 0 Å². The first-order chi connectivity index (χ1) is 14.2. The van der Waals surface area contributed by atoms with E-state index in [0.29, 0.717) is 29.7 Å². The lowest BCUT2D eigenvalue weighted by Gasteiger charge is -2.22. The molecule has 1 atom stereocenters. The normalized spacial score (nSPS) is 16.6. The van der Waals surface area contributed by atoms with Crippen molar-refractivity contribution < 1.29 is 14.2 Å². The Morgan fingerprint density at radius 3 is 2.45 bits per heavy atom. The molecule has 1 fully saturated rings. The van der Waals surface area contributed by atoms with E-state index in [2.05, 4.69) is 47.5 Å². The number of ether oxygens (including phenoxy) is 3. The van der Waals surface area contributed by atoms with Crippen LogP contribution in [0.25, 0.3) is 0 Å². The van der Waals surface area contributed by atoms with Crippen molar-refractivity contribution in [2.24, 2.45) is 4.99 Å². The van der Waals surface area contributed by atoms with Gasteiger partial charge in [0.15, 0.2) is 17.5 Å². The van der Waals surface area contributed by atoms with Gasteiger partial charge < -0.3 is 24.4 Å². The van der Waals surface area contributed by atoms with Gasteiger partial charge in [-0.25, -0.2) is 4.99 Å². The Hall–Kier alpha value is -2.89. The summed E-state index contributed by atoms with van der Waals surface area (Å²) in [6, 6.07) is 14.6. The molecule has 1 unspecified atom stereocenters. The van der Waals surface area contributed by atoms with E-state index in [1.54, 1.807) is 21.3 Å². The van der Waals surface area contributed by atoms with E-state index >= 15 is 0 Å². The minimum atomic E-state index is 0.498. The second-order valence-electron chi connectivity index (χ2n) is 7.01. The fraction of sp³-hybridized carbons (Fsp3) is 0.435. The fourth-order valence-electron chi connectivity index (χ4n) is 3.82. The SMILES string of the molecule is CCNC(=NCc1ccc(OC)c(OC)c1OC)N1CCC(c2ccccc2)C1. The van der Waals surface area contributed by atoms with Gasteiger partial charge in [-0.15, -0.1) is 0 Å². The Kier molecular flexibility index (Phi) is 7.22. The molecule has 2 aromatic rings. The predicted molar refractivity (Wildman–Crippen MR) is 116 cm³/mol. The van der Waals surface area contributed by atoms with Gasteiger partial charge in [-0.05, 0) is 31.0 Å². The maximum Gasteiger partial charge on any atom is 0.203 e. The van der Waals surface area contributed by atoms with Crippen molar-refractivity contribution in [1.29, 1.82) is 0 Å². The molecule has 0 aromatic heterocycles. The third-order valence-electron chi connectivity index (χ3n) is 5.28. The lowest BCUT2D eigenvalue weighted by molar-refractivity contribution is 0.322. The molecule has 6 heteroatoms. The van der Waals surface area contributed by atoms with Gasteiger partial charge in [0.2, 0.25) is 5.75 Å². The Bertz CT molecular complexity index is 824. The van der Waals surface area contributed by atoms with Crippen LogP contribution in [0.15, 0.2) is 47.5 Å². The molecule has 1 aliphatic heterocycles. The van der Waals surface area contributed by atoms with Gasteiger partial charge in [0.25, 0.3) is 0 Å². The minimum Gasteiger partial charge on any atom is -0.493 e. The van der Waals surface area contributed by atoms with Gasteiger partial charge >= 0.3 is 0 Å². The number of benzene rings is 2. The third kappa shape index (κ3) is 4.75. The van der Waals surface area contributed by atoms with Crippen LogP contribution < -0.4 is 19.5 Å². The molecule has 0 aliphatic carbocycles. The quantitative estimate of drug-likeness (QED) is 0.571. The third-order valence-corrected chi connectivity index (χ3v) is 5.28. The zero-order valence-corrected chi connectivity index (χ0v) is 17.8. The van der Waals surface area contributed by atoms with Gasteiger partial charge in [0.05, 0.1) is 27.9 Å². The molecular formula is C23H31N3O3. The Morgan fingerprint density at radius 1 is 1.03 bits per heavy atom. The Labute approximate surface area is 173 Å². The highest BCUT2D eigenvalue weighted by atomic mass is 16.5. The summed E-state index contributed by atoms with van der Waals surface area (Å²) in [5, 5.41) is 3.43. The average Bonchev–Trinajstić information content (AvgIpc) is 3.26. The van der Waals surface area contributed by atoms with E-state index in [4.69, 9.17) is 19.2 Å². The number of rotatable bonds is 7. The molecule has 1 N–H and O–H groups in total. The molecular weight excluding hydrogens is 366 g/mol. The van der Waals surface area contributed by atoms with Crippen molar-refractivity contribution in [1.82, 2.24) is 10.2 Å². The molecule has 0 bridgehead atoms. The van der Waals surface area contributed by atoms with E-state index < -0.39 is 0 Å². The summed E-state index contributed by atoms with van der Waals surface area (Å²) < 4.78 is 16.5. The van der Waals surface area contributed by atoms with Crippen LogP contribution >= 0.6 is 0 Å². The van der Waals surface area contributed by atoms with E-state index in [1.165, 1.54) is 5.56 Å². The molecule has 2 aromatic carbocycles. The number of nitrogens with zero attached hydrogens (tertiary/aromatic N) is 2. The summed E-state index contributed by atoms with van der Waals surface area (Å²) in [7, 11) is 4.88. The number of aliphatic imine (C=N–C) groups is 1. The number of hydrogen-bond acceptors (Lipinski definition) is 4. The molecule has 0 amide bonds. The molecule has 156 valence electrons. The first-order valence-electron chi connectivity index (χ1n) is 10.1. The molecule has 0 radical (unpaired) electrons. The van der Waals surface area contributed by atoms with Crippen LogP contribution in [0, 0.1) is 0 Å². The summed E-state index contributed by atoms with van der Waals surface area (Å²) in [5.74, 6) is 3.38. The summed E-state index contributed by atoms with van der Waals surface area (Å²) in [5.41, 5.74) is 2.35. The van der Waals surface area contributed by atoms with E-state index in [-0.39, 0.29) is 0 Å². The maximum absolute atomic E-state index is 5.59. The molecule has 0 saturated carbocycles. The zero-order chi connectivity index (χ0) is 20.6. The Morgan fingerprint density at radius 2 is 1.79 bits per heavy atom. The smallest absolute Gasteiger partial charge is 0.203 e. The summed E-state index contributed by atoms with van der Waals surface area (Å²) in [6.45, 7) is 5.39. The summed E-state index contributed by atoms with van der Waals surface area (Å²) in [6.07, 6.45) is 1.13. The number of likely N-dealkylation sites (tertiary alicyclic amines) is 1. The lowest BCUT2D eigenvalue weighted by atomic mass is 9.99. The van der Waals surface area contributed by atoms with Gasteiger partial charge in [0, 0.05) is 31.1 Å². The molecule has 29 heavy (non-hydrogen) atoms. The number of guanidine groups is 1. The molecule has 3 rings (SSSR count). The molecule has 0 spiro atoms. The Balaban J connectivity index is 1.78. The van der Waals surface area contributed by atoms with E-state index in [0.717, 1.165) is 37.6 Å². The van der Waals surface area contributed by atoms with Crippen LogP contribution in [0.4, 0.5) is 0 Å². The standard InChI is InChI=1S/C23H31N3O3/c1-5-24-23(26-14-13-19(16-26)17-9-7-6-8-10-17)25-15-18-11-12-20(27-2)22(29-4)21(18)28-3/h6-12,19H,5,13-16H2,1-4H3,(H,24,25). The van der Waals surface area contributed by atoms with Crippen molar-refractivity contribution >= 4 is 5.96 Å². The van der Waals surface area contributed by atoms with Crippen LogP contribution in [-0.2, 0) is 6.54 Å². The van der Waals surface area contributed by atoms with Crippen LogP contribution in [0.3, 0.4) is 0 Å². The van der Waals surface area contributed by atoms with Crippen molar-refractivity contribution in [2.45, 2.75) is 25.8 Å². The highest BCUT2D eigenvalue weighted by Gasteiger charge is 2.26. The van der Waals surface area contributed by atoms with Crippen LogP contribution in [-0.4, -0.2) is 51.8 Å². The number of nitrogens with one attached hydrogen (secondary N) is 1. The van der Waals surface area contributed by atoms with E-state index in [9.17, 15) is 0 Å². The maximum atomic E-state index is 5.59. The molecule has 1 aliphatic rings. The van der Waals surface area contributed by atoms with Crippen molar-refractivity contribution in [3.05, 3.63) is 53.6 Å². The highest BCUT2D eigenvalue weighted by Crippen LogP contribution is 2.40. The number of hydrogen-bond donors (Lipinski definition) is 1. The van der Waals surface area contributed by atoms with E-state index in [1.807, 2.05) is 12.1 Å². The summed E-state index contributed by atoms with van der Waals surface area (Å²) >= 11 is 0. The average molecular weight is 398 g/mol. The van der Waals surface area contributed by atoms with Gasteiger partial charge in [-0.1, -0.05) is 30.3 Å². The van der Waals surface area contributed by atoms with Crippen LogP contribution in [0.2, 0.25) is 0 Å². The first kappa shape index (κ1) is 20.8. The second-order valence-corrected chi connectivity index (χ2v) is 7.01. The lowest BCUT2D eigenvalue weighted by Crippen LogP contribution is -2.40. The second kappa shape index (κ2) is 10.0. The van der Waals surface area contributed by atoms with Crippen LogP contribution in [0.1, 0.15) is 30.4 Å². The minimum absolute atomic E-state index is 0.498.